The van der Waals surface area contributed by atoms with E-state index in [0.29, 0.717) is 12.3 Å². The molecule has 2 aromatic rings. The number of nitrogens with one attached hydrogen (secondary N) is 2. The summed E-state index contributed by atoms with van der Waals surface area (Å²) in [4.78, 5) is 37.4. The molecule has 2 fully saturated rings. The molecule has 2 saturated carbocycles. The number of ether oxygens (including phenoxy) is 1. The minimum Gasteiger partial charge on any atom is -0.480 e. The SMILES string of the molecule is O=C(NC(C(=O)NC(CC1CC1)C(=O)O)C1CCC1)OCC1c2ccccc2-c2ccccc21. The van der Waals surface area contributed by atoms with Gasteiger partial charge in [-0.1, -0.05) is 67.8 Å². The van der Waals surface area contributed by atoms with E-state index in [9.17, 15) is 19.5 Å². The highest BCUT2D eigenvalue weighted by Gasteiger charge is 2.38. The van der Waals surface area contributed by atoms with Crippen LogP contribution >= 0.6 is 0 Å². The fourth-order valence-electron chi connectivity index (χ4n) is 5.11. The maximum Gasteiger partial charge on any atom is 0.407 e. The highest BCUT2D eigenvalue weighted by molar-refractivity contribution is 5.89. The van der Waals surface area contributed by atoms with Gasteiger partial charge in [-0.2, -0.15) is 0 Å². The summed E-state index contributed by atoms with van der Waals surface area (Å²) in [7, 11) is 0. The molecule has 34 heavy (non-hydrogen) atoms. The molecule has 2 aromatic carbocycles. The van der Waals surface area contributed by atoms with Crippen molar-refractivity contribution in [1.29, 1.82) is 0 Å². The van der Waals surface area contributed by atoms with E-state index >= 15 is 0 Å². The maximum atomic E-state index is 13.0. The maximum absolute atomic E-state index is 13.0. The summed E-state index contributed by atoms with van der Waals surface area (Å²) in [5, 5.41) is 14.9. The number of carboxylic acid groups (broad SMARTS) is 1. The van der Waals surface area contributed by atoms with E-state index in [1.807, 2.05) is 24.3 Å². The lowest BCUT2D eigenvalue weighted by atomic mass is 9.79. The number of benzene rings is 2. The van der Waals surface area contributed by atoms with Crippen molar-refractivity contribution >= 4 is 18.0 Å². The summed E-state index contributed by atoms with van der Waals surface area (Å²) in [6.07, 6.45) is 4.43. The van der Waals surface area contributed by atoms with E-state index in [1.165, 1.54) is 0 Å². The fourth-order valence-corrected chi connectivity index (χ4v) is 5.11. The van der Waals surface area contributed by atoms with Crippen molar-refractivity contribution in [1.82, 2.24) is 10.6 Å². The lowest BCUT2D eigenvalue weighted by molar-refractivity contribution is -0.142. The molecule has 0 spiro atoms. The van der Waals surface area contributed by atoms with Crippen LogP contribution in [0.3, 0.4) is 0 Å². The number of alkyl carbamates (subject to hydrolysis) is 1. The van der Waals surface area contributed by atoms with Crippen LogP contribution in [0, 0.1) is 11.8 Å². The Morgan fingerprint density at radius 1 is 0.912 bits per heavy atom. The summed E-state index contributed by atoms with van der Waals surface area (Å²) >= 11 is 0. The van der Waals surface area contributed by atoms with Gasteiger partial charge in [0.2, 0.25) is 5.91 Å². The molecule has 0 saturated heterocycles. The molecule has 7 nitrogen and oxygen atoms in total. The summed E-state index contributed by atoms with van der Waals surface area (Å²) in [6.45, 7) is 0.165. The standard InChI is InChI=1S/C27H30N2O5/c30-25(28-23(26(31)32)14-16-12-13-16)24(17-6-5-7-17)29-27(33)34-15-22-20-10-3-1-8-18(20)19-9-2-4-11-21(19)22/h1-4,8-11,16-17,22-24H,5-7,12-15H2,(H,28,30)(H,29,33)(H,31,32). The van der Waals surface area contributed by atoms with E-state index in [2.05, 4.69) is 34.9 Å². The summed E-state index contributed by atoms with van der Waals surface area (Å²) < 4.78 is 5.62. The van der Waals surface area contributed by atoms with Gasteiger partial charge in [0, 0.05) is 5.92 Å². The van der Waals surface area contributed by atoms with E-state index in [-0.39, 0.29) is 18.4 Å². The molecule has 178 valence electrons. The van der Waals surface area contributed by atoms with Crippen molar-refractivity contribution in [2.24, 2.45) is 11.8 Å². The first-order valence-corrected chi connectivity index (χ1v) is 12.2. The van der Waals surface area contributed by atoms with Crippen molar-refractivity contribution in [3.05, 3.63) is 59.7 Å². The predicted octanol–water partition coefficient (Wildman–Crippen LogP) is 4.06. The quantitative estimate of drug-likeness (QED) is 0.521. The van der Waals surface area contributed by atoms with Crippen molar-refractivity contribution in [2.45, 2.75) is 56.5 Å². The van der Waals surface area contributed by atoms with E-state index in [0.717, 1.165) is 54.4 Å². The molecule has 0 aromatic heterocycles. The lowest BCUT2D eigenvalue weighted by Gasteiger charge is -2.33. The molecule has 7 heteroatoms. The third-order valence-electron chi connectivity index (χ3n) is 7.40. The number of carbonyl (C=O) groups excluding carboxylic acids is 2. The largest absolute Gasteiger partial charge is 0.480 e. The van der Waals surface area contributed by atoms with Gasteiger partial charge < -0.3 is 20.5 Å². The van der Waals surface area contributed by atoms with Crippen molar-refractivity contribution in [3.63, 3.8) is 0 Å². The van der Waals surface area contributed by atoms with Crippen LogP contribution in [0.1, 0.15) is 55.6 Å². The summed E-state index contributed by atoms with van der Waals surface area (Å²) in [5.74, 6) is -1.18. The van der Waals surface area contributed by atoms with Crippen LogP contribution in [0.2, 0.25) is 0 Å². The van der Waals surface area contributed by atoms with Crippen molar-refractivity contribution in [2.75, 3.05) is 6.61 Å². The molecule has 5 rings (SSSR count). The van der Waals surface area contributed by atoms with Crippen LogP contribution in [-0.4, -0.2) is 41.8 Å². The predicted molar refractivity (Wildman–Crippen MR) is 126 cm³/mol. The Morgan fingerprint density at radius 2 is 1.53 bits per heavy atom. The Hall–Kier alpha value is -3.35. The van der Waals surface area contributed by atoms with E-state index in [1.54, 1.807) is 0 Å². The second-order valence-electron chi connectivity index (χ2n) is 9.72. The molecule has 2 atom stereocenters. The third kappa shape index (κ3) is 4.65. The third-order valence-corrected chi connectivity index (χ3v) is 7.40. The van der Waals surface area contributed by atoms with Crippen LogP contribution in [0.4, 0.5) is 4.79 Å². The molecule has 0 radical (unpaired) electrons. The van der Waals surface area contributed by atoms with Gasteiger partial charge in [0.05, 0.1) is 0 Å². The van der Waals surface area contributed by atoms with E-state index < -0.39 is 30.1 Å². The number of amides is 2. The van der Waals surface area contributed by atoms with Crippen LogP contribution in [0.25, 0.3) is 11.1 Å². The van der Waals surface area contributed by atoms with Gasteiger partial charge in [-0.25, -0.2) is 9.59 Å². The number of hydrogen-bond acceptors (Lipinski definition) is 4. The second-order valence-corrected chi connectivity index (χ2v) is 9.72. The zero-order valence-corrected chi connectivity index (χ0v) is 19.0. The van der Waals surface area contributed by atoms with Gasteiger partial charge in [0.25, 0.3) is 0 Å². The van der Waals surface area contributed by atoms with Gasteiger partial charge in [-0.3, -0.25) is 4.79 Å². The first kappa shape index (κ1) is 22.4. The Bertz CT molecular complexity index is 1050. The highest BCUT2D eigenvalue weighted by atomic mass is 16.5. The van der Waals surface area contributed by atoms with Gasteiger partial charge >= 0.3 is 12.1 Å². The number of carbonyl (C=O) groups is 3. The Morgan fingerprint density at radius 3 is 2.06 bits per heavy atom. The van der Waals surface area contributed by atoms with Gasteiger partial charge in [-0.05, 0) is 53.4 Å². The summed E-state index contributed by atoms with van der Waals surface area (Å²) in [6, 6.07) is 14.5. The van der Waals surface area contributed by atoms with Crippen molar-refractivity contribution in [3.8, 4) is 11.1 Å². The van der Waals surface area contributed by atoms with Gasteiger partial charge in [-0.15, -0.1) is 0 Å². The Kier molecular flexibility index (Phi) is 6.26. The number of carboxylic acids is 1. The smallest absolute Gasteiger partial charge is 0.407 e. The minimum absolute atomic E-state index is 0.00384. The summed E-state index contributed by atoms with van der Waals surface area (Å²) in [5.41, 5.74) is 4.53. The molecular formula is C27H30N2O5. The Labute approximate surface area is 198 Å². The second kappa shape index (κ2) is 9.49. The first-order valence-electron chi connectivity index (χ1n) is 12.2. The van der Waals surface area contributed by atoms with Gasteiger partial charge in [0.1, 0.15) is 18.7 Å². The lowest BCUT2D eigenvalue weighted by Crippen LogP contribution is -2.56. The average Bonchev–Trinajstić information content (AvgIpc) is 3.56. The molecule has 0 bridgehead atoms. The molecule has 0 heterocycles. The van der Waals surface area contributed by atoms with Gasteiger partial charge in [0.15, 0.2) is 0 Å². The molecule has 0 aliphatic heterocycles. The average molecular weight is 463 g/mol. The number of aliphatic carboxylic acids is 1. The monoisotopic (exact) mass is 462 g/mol. The van der Waals surface area contributed by atoms with E-state index in [4.69, 9.17) is 4.74 Å². The molecule has 3 N–H and O–H groups in total. The molecule has 2 amide bonds. The normalized spacial score (nSPS) is 18.7. The minimum atomic E-state index is -1.03. The number of fused-ring (bicyclic) bond motifs is 3. The molecular weight excluding hydrogens is 432 g/mol. The molecule has 3 aliphatic rings. The number of rotatable bonds is 9. The zero-order valence-electron chi connectivity index (χ0n) is 19.0. The number of hydrogen-bond donors (Lipinski definition) is 3. The molecule has 2 unspecified atom stereocenters. The zero-order chi connectivity index (χ0) is 23.7. The Balaban J connectivity index is 1.23. The highest BCUT2D eigenvalue weighted by Crippen LogP contribution is 2.44. The molecule has 3 aliphatic carbocycles. The fraction of sp³-hybridized carbons (Fsp3) is 0.444. The first-order chi connectivity index (χ1) is 16.5. The topological polar surface area (TPSA) is 105 Å². The van der Waals surface area contributed by atoms with Crippen molar-refractivity contribution < 1.29 is 24.2 Å². The van der Waals surface area contributed by atoms with Crippen LogP contribution < -0.4 is 10.6 Å². The van der Waals surface area contributed by atoms with Crippen LogP contribution in [0.15, 0.2) is 48.5 Å². The van der Waals surface area contributed by atoms with Crippen LogP contribution in [-0.2, 0) is 14.3 Å². The van der Waals surface area contributed by atoms with Crippen LogP contribution in [0.5, 0.6) is 0 Å².